The number of para-hydroxylation sites is 2. The van der Waals surface area contributed by atoms with Crippen molar-refractivity contribution in [2.75, 3.05) is 4.90 Å². The Morgan fingerprint density at radius 2 is 1.81 bits per heavy atom. The molecule has 5 nitrogen and oxygen atoms in total. The van der Waals surface area contributed by atoms with Gasteiger partial charge in [-0.25, -0.2) is 15.0 Å². The molecule has 3 aromatic carbocycles. The van der Waals surface area contributed by atoms with E-state index in [0.717, 1.165) is 27.8 Å². The second-order valence-corrected chi connectivity index (χ2v) is 7.83. The number of fused-ring (bicyclic) bond motifs is 1. The first-order valence-corrected chi connectivity index (χ1v) is 10.6. The molecule has 0 fully saturated rings. The Hall–Kier alpha value is -3.99. The van der Waals surface area contributed by atoms with Gasteiger partial charge in [0.25, 0.3) is 0 Å². The maximum absolute atomic E-state index is 10.2. The molecule has 0 spiro atoms. The molecule has 0 unspecified atom stereocenters. The monoisotopic (exact) mass is 422 g/mol. The summed E-state index contributed by atoms with van der Waals surface area (Å²) in [4.78, 5) is 15.5. The van der Waals surface area contributed by atoms with E-state index in [1.165, 1.54) is 5.56 Å². The summed E-state index contributed by atoms with van der Waals surface area (Å²) < 4.78 is 0. The van der Waals surface area contributed by atoms with Gasteiger partial charge in [0.2, 0.25) is 0 Å². The van der Waals surface area contributed by atoms with Gasteiger partial charge in [-0.15, -0.1) is 0 Å². The van der Waals surface area contributed by atoms with Crippen molar-refractivity contribution in [1.29, 1.82) is 0 Å². The van der Waals surface area contributed by atoms with Gasteiger partial charge in [0, 0.05) is 17.1 Å². The van der Waals surface area contributed by atoms with E-state index in [2.05, 4.69) is 47.0 Å². The molecule has 0 aliphatic carbocycles. The molecule has 5 heteroatoms. The molecular weight excluding hydrogens is 396 g/mol. The summed E-state index contributed by atoms with van der Waals surface area (Å²) in [5.41, 5.74) is 5.51. The van der Waals surface area contributed by atoms with Crippen LogP contribution in [-0.4, -0.2) is 21.4 Å². The molecule has 0 radical (unpaired) electrons. The summed E-state index contributed by atoms with van der Waals surface area (Å²) in [7, 11) is 0. The van der Waals surface area contributed by atoms with Crippen LogP contribution in [0.4, 0.5) is 11.4 Å². The lowest BCUT2D eigenvalue weighted by Gasteiger charge is -2.16. The van der Waals surface area contributed by atoms with E-state index in [-0.39, 0.29) is 5.75 Å². The maximum atomic E-state index is 10.2. The molecule has 160 valence electrons. The van der Waals surface area contributed by atoms with Crippen LogP contribution in [0.5, 0.6) is 5.75 Å². The summed E-state index contributed by atoms with van der Waals surface area (Å²) in [5, 5.41) is 11.2. The zero-order valence-electron chi connectivity index (χ0n) is 18.5. The van der Waals surface area contributed by atoms with Crippen molar-refractivity contribution in [3.63, 3.8) is 0 Å². The van der Waals surface area contributed by atoms with Crippen molar-refractivity contribution >= 4 is 28.6 Å². The van der Waals surface area contributed by atoms with Gasteiger partial charge in [0.15, 0.2) is 0 Å². The molecule has 1 aromatic heterocycles. The van der Waals surface area contributed by atoms with Crippen molar-refractivity contribution in [1.82, 2.24) is 9.97 Å². The molecule has 0 amide bonds. The molecular formula is C27H26N4O. The van der Waals surface area contributed by atoms with Gasteiger partial charge in [-0.3, -0.25) is 0 Å². The Balaban J connectivity index is 1.69. The highest BCUT2D eigenvalue weighted by Gasteiger charge is 2.10. The van der Waals surface area contributed by atoms with Crippen LogP contribution in [0.2, 0.25) is 0 Å². The number of allylic oxidation sites excluding steroid dienone is 1. The number of aliphatic imine (C=N–C) groups is 1. The van der Waals surface area contributed by atoms with Crippen LogP contribution < -0.4 is 4.90 Å². The van der Waals surface area contributed by atoms with Crippen molar-refractivity contribution in [2.45, 2.75) is 26.7 Å². The number of phenols is 1. The van der Waals surface area contributed by atoms with Crippen molar-refractivity contribution < 1.29 is 5.11 Å². The predicted molar refractivity (Wildman–Crippen MR) is 133 cm³/mol. The van der Waals surface area contributed by atoms with E-state index >= 15 is 0 Å². The van der Waals surface area contributed by atoms with Gasteiger partial charge in [-0.05, 0) is 48.7 Å². The molecule has 4 rings (SSSR count). The molecule has 0 aliphatic rings. The number of hydrogen-bond donors (Lipinski definition) is 1. The third kappa shape index (κ3) is 4.52. The molecule has 0 bridgehead atoms. The van der Waals surface area contributed by atoms with Crippen molar-refractivity contribution in [3.05, 3.63) is 90.9 Å². The Morgan fingerprint density at radius 1 is 0.969 bits per heavy atom. The number of rotatable bonds is 6. The molecule has 0 atom stereocenters. The van der Waals surface area contributed by atoms with Crippen molar-refractivity contribution in [2.24, 2.45) is 4.99 Å². The van der Waals surface area contributed by atoms with Crippen LogP contribution in [0.1, 0.15) is 32.3 Å². The van der Waals surface area contributed by atoms with Gasteiger partial charge >= 0.3 is 0 Å². The Bertz CT molecular complexity index is 1290. The highest BCUT2D eigenvalue weighted by Crippen LogP contribution is 2.30. The third-order valence-corrected chi connectivity index (χ3v) is 5.25. The largest absolute Gasteiger partial charge is 0.506 e. The first-order chi connectivity index (χ1) is 15.6. The fourth-order valence-electron chi connectivity index (χ4n) is 3.55. The predicted octanol–water partition coefficient (Wildman–Crippen LogP) is 6.83. The standard InChI is InChI=1S/C27H26N4O/c1-4-14-31(25-10-5-6-11-26(25)32)18-30-22-9-7-8-21(15-22)27-23-13-12-20(19(2)3)16-24(23)28-17-29-27/h4-19,32H,1-3H3/b14-4-,30-18?. The maximum Gasteiger partial charge on any atom is 0.139 e. The van der Waals surface area contributed by atoms with Crippen LogP contribution in [-0.2, 0) is 0 Å². The fraction of sp³-hybridized carbons (Fsp3) is 0.148. The van der Waals surface area contributed by atoms with Gasteiger partial charge in [0.05, 0.1) is 28.9 Å². The minimum absolute atomic E-state index is 0.194. The Labute approximate surface area is 188 Å². The highest BCUT2D eigenvalue weighted by molar-refractivity contribution is 5.93. The minimum Gasteiger partial charge on any atom is -0.506 e. The second-order valence-electron chi connectivity index (χ2n) is 7.83. The topological polar surface area (TPSA) is 61.6 Å². The summed E-state index contributed by atoms with van der Waals surface area (Å²) in [6.07, 6.45) is 7.06. The molecule has 0 saturated heterocycles. The minimum atomic E-state index is 0.194. The number of phenolic OH excluding ortho intramolecular Hbond substituents is 1. The quantitative estimate of drug-likeness (QED) is 0.273. The van der Waals surface area contributed by atoms with E-state index in [4.69, 9.17) is 0 Å². The number of benzene rings is 3. The second kappa shape index (κ2) is 9.43. The smallest absolute Gasteiger partial charge is 0.139 e. The normalized spacial score (nSPS) is 11.8. The van der Waals surface area contributed by atoms with Gasteiger partial charge in [-0.1, -0.05) is 56.3 Å². The van der Waals surface area contributed by atoms with E-state index in [1.807, 2.05) is 55.6 Å². The summed E-state index contributed by atoms with van der Waals surface area (Å²) in [6.45, 7) is 6.28. The SMILES string of the molecule is C/C=C\N(C=Nc1cccc(-c2ncnc3cc(C(C)C)ccc23)c1)c1ccccc1O. The number of aromatic hydroxyl groups is 1. The van der Waals surface area contributed by atoms with Gasteiger partial charge < -0.3 is 10.0 Å². The lowest BCUT2D eigenvalue weighted by atomic mass is 9.99. The van der Waals surface area contributed by atoms with E-state index in [1.54, 1.807) is 29.7 Å². The summed E-state index contributed by atoms with van der Waals surface area (Å²) in [5.74, 6) is 0.638. The molecule has 0 aliphatic heterocycles. The summed E-state index contributed by atoms with van der Waals surface area (Å²) >= 11 is 0. The molecule has 4 aromatic rings. The van der Waals surface area contributed by atoms with Crippen LogP contribution in [0.25, 0.3) is 22.2 Å². The van der Waals surface area contributed by atoms with Crippen LogP contribution in [0.3, 0.4) is 0 Å². The lowest BCUT2D eigenvalue weighted by molar-refractivity contribution is 0.477. The third-order valence-electron chi connectivity index (χ3n) is 5.25. The fourth-order valence-corrected chi connectivity index (χ4v) is 3.55. The van der Waals surface area contributed by atoms with E-state index in [0.29, 0.717) is 11.6 Å². The zero-order chi connectivity index (χ0) is 22.5. The zero-order valence-corrected chi connectivity index (χ0v) is 18.5. The van der Waals surface area contributed by atoms with Gasteiger partial charge in [0.1, 0.15) is 12.1 Å². The van der Waals surface area contributed by atoms with Gasteiger partial charge in [-0.2, -0.15) is 0 Å². The number of aromatic nitrogens is 2. The van der Waals surface area contributed by atoms with E-state index < -0.39 is 0 Å². The number of nitrogens with zero attached hydrogens (tertiary/aromatic N) is 4. The highest BCUT2D eigenvalue weighted by atomic mass is 16.3. The molecule has 0 saturated carbocycles. The molecule has 1 heterocycles. The number of anilines is 1. The molecule has 32 heavy (non-hydrogen) atoms. The Kier molecular flexibility index (Phi) is 6.26. The average Bonchev–Trinajstić information content (AvgIpc) is 2.81. The van der Waals surface area contributed by atoms with Crippen LogP contribution in [0, 0.1) is 0 Å². The van der Waals surface area contributed by atoms with Crippen LogP contribution in [0.15, 0.2) is 90.3 Å². The van der Waals surface area contributed by atoms with Crippen LogP contribution >= 0.6 is 0 Å². The number of hydrogen-bond acceptors (Lipinski definition) is 4. The first kappa shape index (κ1) is 21.2. The molecule has 1 N–H and O–H groups in total. The van der Waals surface area contributed by atoms with Crippen molar-refractivity contribution in [3.8, 4) is 17.0 Å². The first-order valence-electron chi connectivity index (χ1n) is 10.6. The van der Waals surface area contributed by atoms with E-state index in [9.17, 15) is 5.11 Å². The Morgan fingerprint density at radius 3 is 2.59 bits per heavy atom. The summed E-state index contributed by atoms with van der Waals surface area (Å²) in [6, 6.07) is 21.5. The average molecular weight is 423 g/mol. The lowest BCUT2D eigenvalue weighted by Crippen LogP contribution is -2.12.